The summed E-state index contributed by atoms with van der Waals surface area (Å²) in [6, 6.07) is 5.13. The average Bonchev–Trinajstić information content (AvgIpc) is 2.88. The molecule has 0 aromatic heterocycles. The molecule has 0 radical (unpaired) electrons. The molecule has 0 unspecified atom stereocenters. The molecule has 0 saturated heterocycles. The summed E-state index contributed by atoms with van der Waals surface area (Å²) in [6.45, 7) is -3.96. The number of alkyl halides is 12. The second kappa shape index (κ2) is 12.5. The molecule has 0 spiro atoms. The van der Waals surface area contributed by atoms with Crippen molar-refractivity contribution in [2.45, 2.75) is 31.0 Å². The topological polar surface area (TPSA) is 76.7 Å². The van der Waals surface area contributed by atoms with Crippen LogP contribution in [0.1, 0.15) is 26.3 Å². The molecule has 0 aliphatic heterocycles. The third-order valence-corrected chi connectivity index (χ3v) is 5.83. The largest absolute Gasteiger partial charge is 0.573 e. The molecule has 3 rings (SSSR count). The van der Waals surface area contributed by atoms with Gasteiger partial charge >= 0.3 is 31.0 Å². The number of hydrogen-bond donors (Lipinski definition) is 2. The van der Waals surface area contributed by atoms with Crippen molar-refractivity contribution in [2.75, 3.05) is 10.6 Å². The third kappa shape index (κ3) is 7.81. The monoisotopic (exact) mass is 686 g/mol. The van der Waals surface area contributed by atoms with Crippen molar-refractivity contribution in [2.24, 2.45) is 0 Å². The Hall–Kier alpha value is -4.42. The van der Waals surface area contributed by atoms with Crippen LogP contribution in [0.2, 0.25) is 5.02 Å². The van der Waals surface area contributed by atoms with Gasteiger partial charge in [0, 0.05) is 11.1 Å². The van der Waals surface area contributed by atoms with Crippen LogP contribution >= 0.6 is 11.6 Å². The number of ether oxygens (including phenoxy) is 2. The number of halogens is 14. The summed E-state index contributed by atoms with van der Waals surface area (Å²) in [4.78, 5) is 25.2. The number of hydrogen-bond acceptors (Lipinski definition) is 4. The first-order valence-electron chi connectivity index (χ1n) is 11.4. The number of amides is 2. The molecule has 0 saturated carbocycles. The lowest BCUT2D eigenvalue weighted by molar-refractivity contribution is -0.348. The van der Waals surface area contributed by atoms with E-state index in [2.05, 4.69) is 9.47 Å². The normalized spacial score (nSPS) is 12.6. The van der Waals surface area contributed by atoms with Gasteiger partial charge in [0.2, 0.25) is 0 Å². The molecule has 6 nitrogen and oxygen atoms in total. The Morgan fingerprint density at radius 3 is 1.87 bits per heavy atom. The molecular weight excluding hydrogens is 675 g/mol. The van der Waals surface area contributed by atoms with Crippen LogP contribution in [-0.2, 0) is 5.67 Å². The summed E-state index contributed by atoms with van der Waals surface area (Å²) >= 11 is 5.65. The zero-order chi connectivity index (χ0) is 34.1. The Balaban J connectivity index is 1.94. The molecule has 0 aliphatic carbocycles. The van der Waals surface area contributed by atoms with E-state index < -0.39 is 93.7 Å². The molecule has 0 bridgehead atoms. The van der Waals surface area contributed by atoms with E-state index in [1.54, 1.807) is 5.32 Å². The lowest BCUT2D eigenvalue weighted by Gasteiger charge is -2.31. The van der Waals surface area contributed by atoms with E-state index in [1.807, 2.05) is 5.32 Å². The van der Waals surface area contributed by atoms with E-state index in [4.69, 9.17) is 11.6 Å². The minimum Gasteiger partial charge on any atom is -0.433 e. The smallest absolute Gasteiger partial charge is 0.433 e. The Bertz CT molecular complexity index is 1560. The van der Waals surface area contributed by atoms with Gasteiger partial charge in [-0.2, -0.15) is 35.1 Å². The van der Waals surface area contributed by atoms with E-state index in [1.165, 1.54) is 0 Å². The van der Waals surface area contributed by atoms with Crippen molar-refractivity contribution >= 4 is 34.8 Å². The van der Waals surface area contributed by atoms with Gasteiger partial charge in [0.05, 0.1) is 16.3 Å². The van der Waals surface area contributed by atoms with Crippen LogP contribution < -0.4 is 20.1 Å². The highest BCUT2D eigenvalue weighted by atomic mass is 35.5. The Kier molecular flexibility index (Phi) is 9.76. The van der Waals surface area contributed by atoms with Crippen LogP contribution in [-0.4, -0.2) is 37.1 Å². The second-order valence-corrected chi connectivity index (χ2v) is 8.92. The summed E-state index contributed by atoms with van der Waals surface area (Å²) < 4.78 is 179. The number of benzene rings is 3. The lowest BCUT2D eigenvalue weighted by Crippen LogP contribution is -2.50. The highest BCUT2D eigenvalue weighted by Gasteiger charge is 2.73. The van der Waals surface area contributed by atoms with Gasteiger partial charge < -0.3 is 20.1 Å². The first-order valence-corrected chi connectivity index (χ1v) is 11.8. The van der Waals surface area contributed by atoms with Gasteiger partial charge in [-0.1, -0.05) is 17.7 Å². The Labute approximate surface area is 246 Å². The summed E-state index contributed by atoms with van der Waals surface area (Å²) in [7, 11) is 0. The lowest BCUT2D eigenvalue weighted by atomic mass is 9.93. The molecular formula is C25H12ClF13N2O4. The zero-order valence-corrected chi connectivity index (χ0v) is 22.0. The number of anilines is 2. The maximum atomic E-state index is 15.1. The molecule has 20 heteroatoms. The Morgan fingerprint density at radius 2 is 1.36 bits per heavy atom. The fourth-order valence-electron chi connectivity index (χ4n) is 3.57. The van der Waals surface area contributed by atoms with E-state index in [0.29, 0.717) is 0 Å². The van der Waals surface area contributed by atoms with Crippen molar-refractivity contribution < 1.29 is 76.1 Å². The van der Waals surface area contributed by atoms with Gasteiger partial charge in [0.1, 0.15) is 11.4 Å². The van der Waals surface area contributed by atoms with Gasteiger partial charge in [-0.05, 0) is 48.5 Å². The molecule has 2 amide bonds. The van der Waals surface area contributed by atoms with Gasteiger partial charge in [0.25, 0.3) is 11.8 Å². The second-order valence-electron chi connectivity index (χ2n) is 8.51. The van der Waals surface area contributed by atoms with Crippen LogP contribution in [0.3, 0.4) is 0 Å². The van der Waals surface area contributed by atoms with E-state index in [-0.39, 0.29) is 11.6 Å². The fraction of sp³-hybridized carbons (Fsp3) is 0.200. The highest BCUT2D eigenvalue weighted by Crippen LogP contribution is 2.55. The van der Waals surface area contributed by atoms with Crippen LogP contribution in [0.4, 0.5) is 68.5 Å². The molecule has 2 N–H and O–H groups in total. The molecule has 0 atom stereocenters. The van der Waals surface area contributed by atoms with Crippen LogP contribution in [0, 0.1) is 5.82 Å². The van der Waals surface area contributed by atoms with E-state index in [0.717, 1.165) is 42.5 Å². The predicted octanol–water partition coefficient (Wildman–Crippen LogP) is 8.77. The van der Waals surface area contributed by atoms with E-state index >= 15 is 4.39 Å². The minimum atomic E-state index is -6.67. The molecule has 244 valence electrons. The first kappa shape index (κ1) is 35.1. The maximum absolute atomic E-state index is 15.1. The number of carbonyl (C=O) groups is 2. The van der Waals surface area contributed by atoms with Crippen LogP contribution in [0.5, 0.6) is 11.5 Å². The predicted molar refractivity (Wildman–Crippen MR) is 128 cm³/mol. The zero-order valence-electron chi connectivity index (χ0n) is 21.2. The summed E-state index contributed by atoms with van der Waals surface area (Å²) in [5.74, 6) is -6.62. The molecule has 0 fully saturated rings. The van der Waals surface area contributed by atoms with Crippen LogP contribution in [0.25, 0.3) is 0 Å². The maximum Gasteiger partial charge on any atom is 0.573 e. The van der Waals surface area contributed by atoms with Crippen molar-refractivity contribution in [1.29, 1.82) is 0 Å². The summed E-state index contributed by atoms with van der Waals surface area (Å²) in [5.41, 5.74) is -11.7. The van der Waals surface area contributed by atoms with Gasteiger partial charge in [-0.15, -0.1) is 13.2 Å². The molecule has 3 aromatic carbocycles. The minimum absolute atomic E-state index is 0.269. The average molecular weight is 687 g/mol. The van der Waals surface area contributed by atoms with Gasteiger partial charge in [-0.3, -0.25) is 9.59 Å². The third-order valence-electron chi connectivity index (χ3n) is 5.53. The first-order chi connectivity index (χ1) is 20.5. The van der Waals surface area contributed by atoms with E-state index in [9.17, 15) is 62.3 Å². The molecule has 3 aromatic rings. The number of rotatable bonds is 8. The van der Waals surface area contributed by atoms with Gasteiger partial charge in [-0.25, -0.2) is 8.78 Å². The molecule has 45 heavy (non-hydrogen) atoms. The van der Waals surface area contributed by atoms with Crippen LogP contribution in [0.15, 0.2) is 54.6 Å². The fourth-order valence-corrected chi connectivity index (χ4v) is 3.82. The number of nitrogens with one attached hydrogen (secondary N) is 2. The Morgan fingerprint density at radius 1 is 0.778 bits per heavy atom. The quantitative estimate of drug-likeness (QED) is 0.233. The van der Waals surface area contributed by atoms with Gasteiger partial charge in [0.15, 0.2) is 11.6 Å². The standard InChI is InChI=1S/C25H12ClF13N2O4/c26-14-8-11(22(30,23(31,32)33)24(34,35)36)9-16(44-21(28)29)18(14)41-20(43)13-2-1-3-15(17(13)27)40-19(42)10-4-6-12(7-5-10)45-25(37,38)39/h1-9,21H,(H,40,42)(H,41,43). The summed E-state index contributed by atoms with van der Waals surface area (Å²) in [5, 5.41) is 2.29. The van der Waals surface area contributed by atoms with Crippen molar-refractivity contribution in [3.8, 4) is 11.5 Å². The molecule has 0 heterocycles. The highest BCUT2D eigenvalue weighted by molar-refractivity contribution is 6.34. The number of carbonyl (C=O) groups excluding carboxylic acids is 2. The summed E-state index contributed by atoms with van der Waals surface area (Å²) in [6.07, 6.45) is -18.4. The molecule has 0 aliphatic rings. The SMILES string of the molecule is O=C(Nc1cccc(C(=O)Nc2c(Cl)cc(C(F)(C(F)(F)F)C(F)(F)F)cc2OC(F)F)c1F)c1ccc(OC(F)(F)F)cc1. The van der Waals surface area contributed by atoms with Crippen molar-refractivity contribution in [3.05, 3.63) is 82.1 Å². The van der Waals surface area contributed by atoms with Crippen molar-refractivity contribution in [1.82, 2.24) is 0 Å². The van der Waals surface area contributed by atoms with Crippen molar-refractivity contribution in [3.63, 3.8) is 0 Å².